The predicted molar refractivity (Wildman–Crippen MR) is 66.6 cm³/mol. The molecule has 0 spiro atoms. The van der Waals surface area contributed by atoms with Crippen LogP contribution in [-0.4, -0.2) is 41.4 Å². The molecule has 7 nitrogen and oxygen atoms in total. The van der Waals surface area contributed by atoms with Crippen LogP contribution in [0, 0.1) is 17.0 Å². The zero-order chi connectivity index (χ0) is 13.5. The van der Waals surface area contributed by atoms with Crippen LogP contribution < -0.4 is 5.32 Å². The van der Waals surface area contributed by atoms with Crippen LogP contribution in [0.1, 0.15) is 12.0 Å². The van der Waals surface area contributed by atoms with Gasteiger partial charge < -0.3 is 15.2 Å². The summed E-state index contributed by atoms with van der Waals surface area (Å²) in [6.07, 6.45) is 1.20. The molecule has 1 aromatic rings. The molecular formula is C11H17N3O4. The maximum atomic E-state index is 10.5. The Morgan fingerprint density at radius 1 is 1.67 bits per heavy atom. The number of rotatable bonds is 7. The molecule has 0 aliphatic heterocycles. The lowest BCUT2D eigenvalue weighted by Gasteiger charge is -2.11. The average molecular weight is 255 g/mol. The van der Waals surface area contributed by atoms with Crippen molar-refractivity contribution >= 4 is 11.5 Å². The minimum Gasteiger partial charge on any atom is -0.391 e. The summed E-state index contributed by atoms with van der Waals surface area (Å²) < 4.78 is 4.80. The van der Waals surface area contributed by atoms with Crippen molar-refractivity contribution in [1.29, 1.82) is 0 Å². The van der Waals surface area contributed by atoms with Crippen molar-refractivity contribution in [3.8, 4) is 0 Å². The number of nitrogens with one attached hydrogen (secondary N) is 1. The zero-order valence-electron chi connectivity index (χ0n) is 10.4. The summed E-state index contributed by atoms with van der Waals surface area (Å²) in [4.78, 5) is 14.0. The molecule has 1 rings (SSSR count). The summed E-state index contributed by atoms with van der Waals surface area (Å²) >= 11 is 0. The molecule has 7 heteroatoms. The fraction of sp³-hybridized carbons (Fsp3) is 0.545. The monoisotopic (exact) mass is 255 g/mol. The predicted octanol–water partition coefficient (Wildman–Crippen LogP) is 1.11. The van der Waals surface area contributed by atoms with Gasteiger partial charge in [-0.2, -0.15) is 0 Å². The maximum Gasteiger partial charge on any atom is 0.287 e. The van der Waals surface area contributed by atoms with Gasteiger partial charge in [-0.25, -0.2) is 4.98 Å². The molecular weight excluding hydrogens is 238 g/mol. The largest absolute Gasteiger partial charge is 0.391 e. The Morgan fingerprint density at radius 2 is 2.39 bits per heavy atom. The van der Waals surface area contributed by atoms with Gasteiger partial charge in [-0.15, -0.1) is 0 Å². The first-order valence-electron chi connectivity index (χ1n) is 5.56. The zero-order valence-corrected chi connectivity index (χ0v) is 10.4. The number of anilines is 1. The number of hydrogen-bond acceptors (Lipinski definition) is 6. The second kappa shape index (κ2) is 6.87. The number of pyridine rings is 1. The van der Waals surface area contributed by atoms with E-state index in [1.165, 1.54) is 19.4 Å². The van der Waals surface area contributed by atoms with E-state index in [4.69, 9.17) is 4.74 Å². The lowest BCUT2D eigenvalue weighted by molar-refractivity contribution is -0.385. The summed E-state index contributed by atoms with van der Waals surface area (Å²) in [6.45, 7) is 2.55. The van der Waals surface area contributed by atoms with E-state index >= 15 is 0 Å². The van der Waals surface area contributed by atoms with E-state index in [0.717, 1.165) is 0 Å². The number of nitrogens with zero attached hydrogens (tertiary/aromatic N) is 2. The molecule has 0 aliphatic carbocycles. The van der Waals surface area contributed by atoms with Crippen molar-refractivity contribution in [3.63, 3.8) is 0 Å². The van der Waals surface area contributed by atoms with Crippen molar-refractivity contribution in [2.24, 2.45) is 0 Å². The normalized spacial score (nSPS) is 12.2. The molecule has 1 heterocycles. The summed E-state index contributed by atoms with van der Waals surface area (Å²) in [5.41, 5.74) is 0.669. The first-order chi connectivity index (χ1) is 8.54. The molecule has 18 heavy (non-hydrogen) atoms. The van der Waals surface area contributed by atoms with Gasteiger partial charge in [0.05, 0.1) is 17.6 Å². The Morgan fingerprint density at radius 3 is 2.94 bits per heavy atom. The number of aliphatic hydroxyl groups is 1. The SMILES string of the molecule is COCC(O)CCNc1ncc([N+](=O)[O-])cc1C. The molecule has 1 aromatic heterocycles. The third kappa shape index (κ3) is 4.27. The molecule has 0 amide bonds. The minimum absolute atomic E-state index is 0.0301. The van der Waals surface area contributed by atoms with Crippen LogP contribution in [0.3, 0.4) is 0 Å². The molecule has 1 atom stereocenters. The highest BCUT2D eigenvalue weighted by atomic mass is 16.6. The number of aromatic nitrogens is 1. The average Bonchev–Trinajstić information content (AvgIpc) is 2.31. The van der Waals surface area contributed by atoms with Crippen molar-refractivity contribution in [1.82, 2.24) is 4.98 Å². The lowest BCUT2D eigenvalue weighted by Crippen LogP contribution is -2.18. The van der Waals surface area contributed by atoms with Gasteiger partial charge in [-0.3, -0.25) is 10.1 Å². The summed E-state index contributed by atoms with van der Waals surface area (Å²) in [7, 11) is 1.53. The summed E-state index contributed by atoms with van der Waals surface area (Å²) in [5, 5.41) is 23.0. The Balaban J connectivity index is 2.50. The highest BCUT2D eigenvalue weighted by Crippen LogP contribution is 2.17. The second-order valence-electron chi connectivity index (χ2n) is 3.94. The van der Waals surface area contributed by atoms with Crippen LogP contribution in [0.5, 0.6) is 0 Å². The second-order valence-corrected chi connectivity index (χ2v) is 3.94. The van der Waals surface area contributed by atoms with E-state index in [1.54, 1.807) is 6.92 Å². The fourth-order valence-corrected chi connectivity index (χ4v) is 1.48. The van der Waals surface area contributed by atoms with E-state index in [9.17, 15) is 15.2 Å². The van der Waals surface area contributed by atoms with Gasteiger partial charge in [0, 0.05) is 19.7 Å². The molecule has 0 saturated carbocycles. The van der Waals surface area contributed by atoms with Crippen LogP contribution in [0.4, 0.5) is 11.5 Å². The molecule has 100 valence electrons. The van der Waals surface area contributed by atoms with E-state index in [0.29, 0.717) is 24.3 Å². The van der Waals surface area contributed by atoms with Gasteiger partial charge in [-0.1, -0.05) is 0 Å². The van der Waals surface area contributed by atoms with E-state index in [1.807, 2.05) is 0 Å². The fourth-order valence-electron chi connectivity index (χ4n) is 1.48. The third-order valence-corrected chi connectivity index (χ3v) is 2.40. The molecule has 0 radical (unpaired) electrons. The quantitative estimate of drug-likeness (QED) is 0.559. The number of methoxy groups -OCH3 is 1. The number of ether oxygens (including phenoxy) is 1. The Kier molecular flexibility index (Phi) is 5.47. The Hall–Kier alpha value is -1.73. The van der Waals surface area contributed by atoms with Crippen LogP contribution >= 0.6 is 0 Å². The number of hydrogen-bond donors (Lipinski definition) is 2. The minimum atomic E-state index is -0.527. The lowest BCUT2D eigenvalue weighted by atomic mass is 10.2. The van der Waals surface area contributed by atoms with Gasteiger partial charge >= 0.3 is 0 Å². The molecule has 1 unspecified atom stereocenters. The first-order valence-corrected chi connectivity index (χ1v) is 5.56. The molecule has 0 bridgehead atoms. The highest BCUT2D eigenvalue weighted by Gasteiger charge is 2.09. The maximum absolute atomic E-state index is 10.5. The number of aliphatic hydroxyl groups excluding tert-OH is 1. The van der Waals surface area contributed by atoms with Gasteiger partial charge in [-0.05, 0) is 18.9 Å². The van der Waals surface area contributed by atoms with Gasteiger partial charge in [0.15, 0.2) is 0 Å². The first kappa shape index (κ1) is 14.3. The number of nitro groups is 1. The van der Waals surface area contributed by atoms with Crippen molar-refractivity contribution in [3.05, 3.63) is 27.9 Å². The van der Waals surface area contributed by atoms with E-state index in [2.05, 4.69) is 10.3 Å². The van der Waals surface area contributed by atoms with Crippen molar-refractivity contribution < 1.29 is 14.8 Å². The molecule has 0 aliphatic rings. The third-order valence-electron chi connectivity index (χ3n) is 2.40. The van der Waals surface area contributed by atoms with Crippen LogP contribution in [0.15, 0.2) is 12.3 Å². The molecule has 0 aromatic carbocycles. The molecule has 0 fully saturated rings. The van der Waals surface area contributed by atoms with Gasteiger partial charge in [0.2, 0.25) is 0 Å². The smallest absolute Gasteiger partial charge is 0.287 e. The van der Waals surface area contributed by atoms with Crippen LogP contribution in [0.2, 0.25) is 0 Å². The summed E-state index contributed by atoms with van der Waals surface area (Å²) in [5.74, 6) is 0.588. The number of aryl methyl sites for hydroxylation is 1. The van der Waals surface area contributed by atoms with Crippen LogP contribution in [0.25, 0.3) is 0 Å². The summed E-state index contributed by atoms with van der Waals surface area (Å²) in [6, 6.07) is 1.46. The van der Waals surface area contributed by atoms with Crippen molar-refractivity contribution in [2.45, 2.75) is 19.4 Å². The topological polar surface area (TPSA) is 97.5 Å². The molecule has 2 N–H and O–H groups in total. The van der Waals surface area contributed by atoms with Crippen molar-refractivity contribution in [2.75, 3.05) is 25.6 Å². The Labute approximate surface area is 105 Å². The van der Waals surface area contributed by atoms with E-state index in [-0.39, 0.29) is 12.3 Å². The van der Waals surface area contributed by atoms with Gasteiger partial charge in [0.1, 0.15) is 12.0 Å². The van der Waals surface area contributed by atoms with Gasteiger partial charge in [0.25, 0.3) is 5.69 Å². The molecule has 0 saturated heterocycles. The van der Waals surface area contributed by atoms with E-state index < -0.39 is 11.0 Å². The Bertz CT molecular complexity index is 411. The van der Waals surface area contributed by atoms with Crippen LogP contribution in [-0.2, 0) is 4.74 Å². The standard InChI is InChI=1S/C11H17N3O4/c1-8-5-9(14(16)17)6-13-11(8)12-4-3-10(15)7-18-2/h5-6,10,15H,3-4,7H2,1-2H3,(H,12,13). The highest BCUT2D eigenvalue weighted by molar-refractivity contribution is 5.48.